The number of ether oxygens (including phenoxy) is 1. The van der Waals surface area contributed by atoms with Crippen LogP contribution < -0.4 is 0 Å². The number of aromatic nitrogens is 1. The SMILES string of the molecule is SCCOCCSc1cc2ccccc2[nH]1. The Bertz CT molecular complexity index is 408. The van der Waals surface area contributed by atoms with E-state index in [9.17, 15) is 0 Å². The number of aromatic amines is 1. The van der Waals surface area contributed by atoms with Crippen LogP contribution in [0.2, 0.25) is 0 Å². The van der Waals surface area contributed by atoms with Crippen molar-refractivity contribution < 1.29 is 4.74 Å². The minimum absolute atomic E-state index is 0.733. The summed E-state index contributed by atoms with van der Waals surface area (Å²) in [5, 5.41) is 2.47. The molecule has 0 aliphatic carbocycles. The number of benzene rings is 1. The van der Waals surface area contributed by atoms with Crippen molar-refractivity contribution in [2.45, 2.75) is 5.03 Å². The van der Waals surface area contributed by atoms with Gasteiger partial charge in [0.2, 0.25) is 0 Å². The Balaban J connectivity index is 1.85. The van der Waals surface area contributed by atoms with Gasteiger partial charge in [-0.25, -0.2) is 0 Å². The van der Waals surface area contributed by atoms with E-state index >= 15 is 0 Å². The summed E-state index contributed by atoms with van der Waals surface area (Å²) in [6.07, 6.45) is 0. The first-order chi connectivity index (χ1) is 7.90. The van der Waals surface area contributed by atoms with Gasteiger partial charge in [0, 0.05) is 22.4 Å². The van der Waals surface area contributed by atoms with Crippen LogP contribution in [0.3, 0.4) is 0 Å². The number of rotatable bonds is 6. The largest absolute Gasteiger partial charge is 0.380 e. The first-order valence-corrected chi connectivity index (χ1v) is 6.91. The van der Waals surface area contributed by atoms with E-state index in [1.165, 1.54) is 15.9 Å². The highest BCUT2D eigenvalue weighted by Gasteiger charge is 1.99. The van der Waals surface area contributed by atoms with Crippen LogP contribution in [0.15, 0.2) is 35.4 Å². The predicted molar refractivity (Wildman–Crippen MR) is 73.7 cm³/mol. The summed E-state index contributed by atoms with van der Waals surface area (Å²) >= 11 is 5.88. The third-order valence-corrected chi connectivity index (χ3v) is 3.31. The van der Waals surface area contributed by atoms with Crippen molar-refractivity contribution in [2.24, 2.45) is 0 Å². The first-order valence-electron chi connectivity index (χ1n) is 5.29. The highest BCUT2D eigenvalue weighted by molar-refractivity contribution is 7.99. The molecule has 0 bridgehead atoms. The molecule has 0 unspecified atom stereocenters. The Labute approximate surface area is 105 Å². The molecule has 0 saturated carbocycles. The molecule has 0 aliphatic rings. The molecule has 0 fully saturated rings. The third-order valence-electron chi connectivity index (χ3n) is 2.23. The molecule has 0 radical (unpaired) electrons. The molecule has 4 heteroatoms. The lowest BCUT2D eigenvalue weighted by Crippen LogP contribution is -1.99. The smallest absolute Gasteiger partial charge is 0.0733 e. The van der Waals surface area contributed by atoms with Gasteiger partial charge < -0.3 is 9.72 Å². The van der Waals surface area contributed by atoms with E-state index in [2.05, 4.69) is 41.9 Å². The zero-order valence-corrected chi connectivity index (χ0v) is 10.7. The van der Waals surface area contributed by atoms with E-state index < -0.39 is 0 Å². The van der Waals surface area contributed by atoms with Gasteiger partial charge in [-0.2, -0.15) is 12.6 Å². The maximum atomic E-state index is 5.37. The summed E-state index contributed by atoms with van der Waals surface area (Å²) in [7, 11) is 0. The molecule has 1 aromatic heterocycles. The van der Waals surface area contributed by atoms with Crippen molar-refractivity contribution in [3.8, 4) is 0 Å². The first kappa shape index (κ1) is 11.9. The number of fused-ring (bicyclic) bond motifs is 1. The molecule has 1 heterocycles. The Morgan fingerprint density at radius 1 is 1.25 bits per heavy atom. The molecule has 2 aromatic rings. The van der Waals surface area contributed by atoms with Crippen LogP contribution >= 0.6 is 24.4 Å². The van der Waals surface area contributed by atoms with E-state index in [1.54, 1.807) is 11.8 Å². The van der Waals surface area contributed by atoms with E-state index in [0.717, 1.165) is 24.7 Å². The number of hydrogen-bond acceptors (Lipinski definition) is 3. The molecule has 2 nitrogen and oxygen atoms in total. The van der Waals surface area contributed by atoms with Crippen LogP contribution in [-0.4, -0.2) is 29.7 Å². The van der Waals surface area contributed by atoms with Crippen LogP contribution in [0.4, 0.5) is 0 Å². The highest BCUT2D eigenvalue weighted by atomic mass is 32.2. The fourth-order valence-electron chi connectivity index (χ4n) is 1.50. The highest BCUT2D eigenvalue weighted by Crippen LogP contribution is 2.22. The molecule has 1 aromatic carbocycles. The van der Waals surface area contributed by atoms with Gasteiger partial charge in [-0.3, -0.25) is 0 Å². The van der Waals surface area contributed by atoms with Gasteiger partial charge in [0.05, 0.1) is 18.2 Å². The molecular formula is C12H15NOS2. The minimum atomic E-state index is 0.733. The van der Waals surface area contributed by atoms with Gasteiger partial charge in [-0.1, -0.05) is 18.2 Å². The van der Waals surface area contributed by atoms with Gasteiger partial charge in [0.15, 0.2) is 0 Å². The van der Waals surface area contributed by atoms with Crippen LogP contribution in [0.25, 0.3) is 10.9 Å². The van der Waals surface area contributed by atoms with Crippen molar-refractivity contribution in [2.75, 3.05) is 24.7 Å². The quantitative estimate of drug-likeness (QED) is 0.469. The van der Waals surface area contributed by atoms with Gasteiger partial charge >= 0.3 is 0 Å². The number of thiol groups is 1. The van der Waals surface area contributed by atoms with Gasteiger partial charge in [-0.15, -0.1) is 11.8 Å². The Morgan fingerprint density at radius 3 is 2.94 bits per heavy atom. The zero-order chi connectivity index (χ0) is 11.2. The molecule has 86 valence electrons. The van der Waals surface area contributed by atoms with Crippen molar-refractivity contribution in [1.29, 1.82) is 0 Å². The molecule has 1 N–H and O–H groups in total. The fourth-order valence-corrected chi connectivity index (χ4v) is 2.44. The molecule has 0 aliphatic heterocycles. The second-order valence-electron chi connectivity index (χ2n) is 3.41. The molecular weight excluding hydrogens is 238 g/mol. The van der Waals surface area contributed by atoms with E-state index in [1.807, 2.05) is 6.07 Å². The molecule has 0 amide bonds. The number of nitrogens with one attached hydrogen (secondary N) is 1. The molecule has 0 spiro atoms. The van der Waals surface area contributed by atoms with Crippen LogP contribution in [0.5, 0.6) is 0 Å². The summed E-state index contributed by atoms with van der Waals surface area (Å²) in [4.78, 5) is 3.38. The minimum Gasteiger partial charge on any atom is -0.380 e. The lowest BCUT2D eigenvalue weighted by atomic mass is 10.3. The van der Waals surface area contributed by atoms with E-state index in [-0.39, 0.29) is 0 Å². The third kappa shape index (κ3) is 3.20. The van der Waals surface area contributed by atoms with Gasteiger partial charge in [0.25, 0.3) is 0 Å². The predicted octanol–water partition coefficient (Wildman–Crippen LogP) is 3.21. The number of hydrogen-bond donors (Lipinski definition) is 2. The maximum Gasteiger partial charge on any atom is 0.0733 e. The van der Waals surface area contributed by atoms with Crippen LogP contribution in [0, 0.1) is 0 Å². The Hall–Kier alpha value is -0.580. The van der Waals surface area contributed by atoms with Crippen molar-refractivity contribution >= 4 is 35.3 Å². The normalized spacial score (nSPS) is 11.1. The summed E-state index contributed by atoms with van der Waals surface area (Å²) in [5.74, 6) is 1.76. The van der Waals surface area contributed by atoms with Crippen molar-refractivity contribution in [1.82, 2.24) is 4.98 Å². The average molecular weight is 253 g/mol. The molecule has 0 saturated heterocycles. The van der Waals surface area contributed by atoms with Crippen LogP contribution in [-0.2, 0) is 4.74 Å². The number of para-hydroxylation sites is 1. The topological polar surface area (TPSA) is 25.0 Å². The average Bonchev–Trinajstić information content (AvgIpc) is 2.71. The second kappa shape index (κ2) is 6.23. The van der Waals surface area contributed by atoms with Gasteiger partial charge in [-0.05, 0) is 12.1 Å². The Morgan fingerprint density at radius 2 is 2.12 bits per heavy atom. The monoisotopic (exact) mass is 253 g/mol. The lowest BCUT2D eigenvalue weighted by molar-refractivity contribution is 0.167. The molecule has 16 heavy (non-hydrogen) atoms. The zero-order valence-electron chi connectivity index (χ0n) is 8.98. The summed E-state index contributed by atoms with van der Waals surface area (Å²) < 4.78 is 5.37. The Kier molecular flexibility index (Phi) is 4.63. The standard InChI is InChI=1S/C12H15NOS2/c15-7-5-14-6-8-16-12-9-10-3-1-2-4-11(10)13-12/h1-4,9,13,15H,5-8H2. The van der Waals surface area contributed by atoms with E-state index in [4.69, 9.17) is 4.74 Å². The van der Waals surface area contributed by atoms with Crippen molar-refractivity contribution in [3.63, 3.8) is 0 Å². The molecule has 0 atom stereocenters. The van der Waals surface area contributed by atoms with Crippen LogP contribution in [0.1, 0.15) is 0 Å². The second-order valence-corrected chi connectivity index (χ2v) is 4.99. The maximum absolute atomic E-state index is 5.37. The number of thioether (sulfide) groups is 1. The summed E-state index contributed by atoms with van der Waals surface area (Å²) in [6.45, 7) is 1.51. The fraction of sp³-hybridized carbons (Fsp3) is 0.333. The number of H-pyrrole nitrogens is 1. The lowest BCUT2D eigenvalue weighted by Gasteiger charge is -2.00. The summed E-state index contributed by atoms with van der Waals surface area (Å²) in [5.41, 5.74) is 1.20. The van der Waals surface area contributed by atoms with E-state index in [0.29, 0.717) is 0 Å². The summed E-state index contributed by atoms with van der Waals surface area (Å²) in [6, 6.07) is 10.5. The van der Waals surface area contributed by atoms with Gasteiger partial charge in [0.1, 0.15) is 0 Å². The molecule has 2 rings (SSSR count). The van der Waals surface area contributed by atoms with Crippen molar-refractivity contribution in [3.05, 3.63) is 30.3 Å².